The minimum atomic E-state index is -0.795. The molecule has 1 saturated heterocycles. The van der Waals surface area contributed by atoms with Gasteiger partial charge in [0.1, 0.15) is 11.8 Å². The Bertz CT molecular complexity index is 483. The molecule has 0 spiro atoms. The Labute approximate surface area is 98.5 Å². The molecule has 0 aromatic carbocycles. The number of aliphatic carboxylic acids is 1. The molecule has 1 aromatic rings. The van der Waals surface area contributed by atoms with Crippen molar-refractivity contribution in [3.8, 4) is 6.07 Å². The number of aromatic nitrogens is 2. The number of hydrogen-bond donors (Lipinski definition) is 1. The predicted molar refractivity (Wildman–Crippen MR) is 59.2 cm³/mol. The van der Waals surface area contributed by atoms with Gasteiger partial charge in [-0.1, -0.05) is 6.92 Å². The maximum atomic E-state index is 11.0. The average molecular weight is 232 g/mol. The first-order chi connectivity index (χ1) is 8.11. The summed E-state index contributed by atoms with van der Waals surface area (Å²) in [6.45, 7) is 2.89. The lowest BCUT2D eigenvalue weighted by atomic mass is 9.99. The molecule has 0 saturated carbocycles. The molecule has 0 unspecified atom stereocenters. The van der Waals surface area contributed by atoms with Gasteiger partial charge in [0.05, 0.1) is 5.92 Å². The van der Waals surface area contributed by atoms with Crippen molar-refractivity contribution in [2.75, 3.05) is 18.0 Å². The van der Waals surface area contributed by atoms with Crippen LogP contribution in [-0.4, -0.2) is 34.1 Å². The highest BCUT2D eigenvalue weighted by molar-refractivity contribution is 5.72. The monoisotopic (exact) mass is 232 g/mol. The summed E-state index contributed by atoms with van der Waals surface area (Å²) in [7, 11) is 0. The molecule has 0 aliphatic carbocycles. The summed E-state index contributed by atoms with van der Waals surface area (Å²) < 4.78 is 0. The highest BCUT2D eigenvalue weighted by Crippen LogP contribution is 2.25. The van der Waals surface area contributed by atoms with Crippen LogP contribution in [0.25, 0.3) is 0 Å². The Morgan fingerprint density at radius 3 is 3.00 bits per heavy atom. The first kappa shape index (κ1) is 11.3. The largest absolute Gasteiger partial charge is 0.481 e. The second-order valence-corrected chi connectivity index (χ2v) is 4.18. The zero-order valence-corrected chi connectivity index (χ0v) is 9.37. The van der Waals surface area contributed by atoms with Crippen LogP contribution in [-0.2, 0) is 4.79 Å². The van der Waals surface area contributed by atoms with Crippen molar-refractivity contribution >= 4 is 11.9 Å². The number of carbonyl (C=O) groups is 1. The topological polar surface area (TPSA) is 90.1 Å². The summed E-state index contributed by atoms with van der Waals surface area (Å²) in [6.07, 6.45) is 1.51. The minimum Gasteiger partial charge on any atom is -0.481 e. The first-order valence-corrected chi connectivity index (χ1v) is 5.32. The van der Waals surface area contributed by atoms with Gasteiger partial charge in [0.15, 0.2) is 0 Å². The van der Waals surface area contributed by atoms with Crippen molar-refractivity contribution < 1.29 is 9.90 Å². The van der Waals surface area contributed by atoms with Crippen LogP contribution >= 0.6 is 0 Å². The van der Waals surface area contributed by atoms with E-state index in [4.69, 9.17) is 10.4 Å². The molecule has 2 rings (SSSR count). The van der Waals surface area contributed by atoms with E-state index in [0.717, 1.165) is 0 Å². The lowest BCUT2D eigenvalue weighted by molar-refractivity contribution is -0.142. The first-order valence-electron chi connectivity index (χ1n) is 5.32. The van der Waals surface area contributed by atoms with E-state index in [-0.39, 0.29) is 5.92 Å². The maximum absolute atomic E-state index is 11.0. The van der Waals surface area contributed by atoms with Gasteiger partial charge in [0, 0.05) is 19.3 Å². The lowest BCUT2D eigenvalue weighted by Gasteiger charge is -2.14. The smallest absolute Gasteiger partial charge is 0.308 e. The van der Waals surface area contributed by atoms with Gasteiger partial charge in [-0.15, -0.1) is 0 Å². The van der Waals surface area contributed by atoms with E-state index in [1.807, 2.05) is 17.9 Å². The number of carboxylic acids is 1. The molecule has 0 amide bonds. The molecule has 6 nitrogen and oxygen atoms in total. The molecule has 2 atom stereocenters. The van der Waals surface area contributed by atoms with Gasteiger partial charge in [0.2, 0.25) is 5.95 Å². The fourth-order valence-electron chi connectivity index (χ4n) is 2.01. The van der Waals surface area contributed by atoms with Gasteiger partial charge < -0.3 is 10.0 Å². The third kappa shape index (κ3) is 2.18. The van der Waals surface area contributed by atoms with E-state index in [2.05, 4.69) is 9.97 Å². The fourth-order valence-corrected chi connectivity index (χ4v) is 2.01. The third-order valence-corrected chi connectivity index (χ3v) is 2.97. The van der Waals surface area contributed by atoms with Crippen LogP contribution in [0.5, 0.6) is 0 Å². The van der Waals surface area contributed by atoms with Crippen LogP contribution in [0.3, 0.4) is 0 Å². The molecule has 88 valence electrons. The van der Waals surface area contributed by atoms with Crippen molar-refractivity contribution in [1.82, 2.24) is 9.97 Å². The number of hydrogen-bond acceptors (Lipinski definition) is 5. The summed E-state index contributed by atoms with van der Waals surface area (Å²) in [5, 5.41) is 17.8. The van der Waals surface area contributed by atoms with E-state index >= 15 is 0 Å². The fraction of sp³-hybridized carbons (Fsp3) is 0.455. The standard InChI is InChI=1S/C11H12N4O2/c1-7-5-15(6-9(7)10(16)17)11-13-3-2-8(4-12)14-11/h2-3,7,9H,5-6H2,1H3,(H,16,17)/t7-,9-/m1/s1. The summed E-state index contributed by atoms with van der Waals surface area (Å²) in [5.41, 5.74) is 0.293. The van der Waals surface area contributed by atoms with Crippen molar-refractivity contribution in [2.24, 2.45) is 11.8 Å². The van der Waals surface area contributed by atoms with Crippen LogP contribution in [0.2, 0.25) is 0 Å². The van der Waals surface area contributed by atoms with Crippen LogP contribution in [0.1, 0.15) is 12.6 Å². The van der Waals surface area contributed by atoms with E-state index < -0.39 is 11.9 Å². The summed E-state index contributed by atoms with van der Waals surface area (Å²) in [5.74, 6) is -0.706. The summed E-state index contributed by atoms with van der Waals surface area (Å²) >= 11 is 0. The number of anilines is 1. The molecule has 0 radical (unpaired) electrons. The van der Waals surface area contributed by atoms with Crippen LogP contribution in [0.15, 0.2) is 12.3 Å². The van der Waals surface area contributed by atoms with Crippen molar-refractivity contribution in [3.05, 3.63) is 18.0 Å². The normalized spacial score (nSPS) is 23.4. The van der Waals surface area contributed by atoms with Gasteiger partial charge in [-0.25, -0.2) is 9.97 Å². The Balaban J connectivity index is 2.20. The zero-order valence-electron chi connectivity index (χ0n) is 9.37. The van der Waals surface area contributed by atoms with Crippen LogP contribution < -0.4 is 4.90 Å². The van der Waals surface area contributed by atoms with Gasteiger partial charge >= 0.3 is 5.97 Å². The molecule has 1 aliphatic heterocycles. The summed E-state index contributed by atoms with van der Waals surface area (Å²) in [4.78, 5) is 20.9. The molecule has 1 fully saturated rings. The highest BCUT2D eigenvalue weighted by atomic mass is 16.4. The van der Waals surface area contributed by atoms with E-state index in [1.54, 1.807) is 0 Å². The van der Waals surface area contributed by atoms with E-state index in [9.17, 15) is 4.79 Å². The molecule has 0 bridgehead atoms. The molecule has 1 aromatic heterocycles. The molecule has 17 heavy (non-hydrogen) atoms. The quantitative estimate of drug-likeness (QED) is 0.798. The average Bonchev–Trinajstić information content (AvgIpc) is 2.71. The van der Waals surface area contributed by atoms with Gasteiger partial charge in [0.25, 0.3) is 0 Å². The van der Waals surface area contributed by atoms with Crippen molar-refractivity contribution in [3.63, 3.8) is 0 Å². The van der Waals surface area contributed by atoms with Crippen molar-refractivity contribution in [1.29, 1.82) is 5.26 Å². The molecule has 1 N–H and O–H groups in total. The van der Waals surface area contributed by atoms with E-state index in [1.165, 1.54) is 12.3 Å². The molecule has 1 aliphatic rings. The number of carboxylic acid groups (broad SMARTS) is 1. The number of nitrogens with zero attached hydrogens (tertiary/aromatic N) is 4. The molecular formula is C11H12N4O2. The van der Waals surface area contributed by atoms with Crippen LogP contribution in [0.4, 0.5) is 5.95 Å². The maximum Gasteiger partial charge on any atom is 0.308 e. The zero-order chi connectivity index (χ0) is 12.4. The Morgan fingerprint density at radius 1 is 1.65 bits per heavy atom. The lowest BCUT2D eigenvalue weighted by Crippen LogP contribution is -2.24. The number of rotatable bonds is 2. The van der Waals surface area contributed by atoms with Crippen LogP contribution in [0, 0.1) is 23.2 Å². The van der Waals surface area contributed by atoms with Gasteiger partial charge in [-0.05, 0) is 12.0 Å². The summed E-state index contributed by atoms with van der Waals surface area (Å²) in [6, 6.07) is 3.47. The molecule has 2 heterocycles. The Kier molecular flexibility index (Phi) is 2.91. The Hall–Kier alpha value is -2.16. The Morgan fingerprint density at radius 2 is 2.41 bits per heavy atom. The SMILES string of the molecule is C[C@@H]1CN(c2nccc(C#N)n2)C[C@H]1C(=O)O. The van der Waals surface area contributed by atoms with Gasteiger partial charge in [-0.2, -0.15) is 5.26 Å². The van der Waals surface area contributed by atoms with Crippen molar-refractivity contribution in [2.45, 2.75) is 6.92 Å². The highest BCUT2D eigenvalue weighted by Gasteiger charge is 2.35. The molecule has 6 heteroatoms. The van der Waals surface area contributed by atoms with Gasteiger partial charge in [-0.3, -0.25) is 4.79 Å². The minimum absolute atomic E-state index is 0.0573. The molecular weight excluding hydrogens is 220 g/mol. The third-order valence-electron chi connectivity index (χ3n) is 2.97. The number of nitriles is 1. The second-order valence-electron chi connectivity index (χ2n) is 4.18. The predicted octanol–water partition coefficient (Wildman–Crippen LogP) is 0.505. The van der Waals surface area contributed by atoms with E-state index in [0.29, 0.717) is 24.7 Å². The second kappa shape index (κ2) is 4.37.